The highest BCUT2D eigenvalue weighted by molar-refractivity contribution is 7.80. The van der Waals surface area contributed by atoms with Gasteiger partial charge in [-0.1, -0.05) is 12.8 Å². The van der Waals surface area contributed by atoms with Crippen LogP contribution in [0.15, 0.2) is 48.8 Å². The molecule has 0 aliphatic carbocycles. The van der Waals surface area contributed by atoms with E-state index in [1.54, 1.807) is 12.4 Å². The van der Waals surface area contributed by atoms with Gasteiger partial charge < -0.3 is 21.1 Å². The third-order valence-electron chi connectivity index (χ3n) is 3.44. The largest absolute Gasteiger partial charge is 0.494 e. The smallest absolute Gasteiger partial charge is 0.170 e. The summed E-state index contributed by atoms with van der Waals surface area (Å²) in [5.74, 6) is 0.874. The van der Waals surface area contributed by atoms with E-state index in [-0.39, 0.29) is 0 Å². The third kappa shape index (κ3) is 7.28. The molecule has 0 bridgehead atoms. The summed E-state index contributed by atoms with van der Waals surface area (Å²) in [6.45, 7) is 1.61. The fraction of sp³-hybridized carbons (Fsp3) is 0.333. The zero-order valence-electron chi connectivity index (χ0n) is 13.7. The monoisotopic (exact) mass is 344 g/mol. The molecular formula is C18H24N4OS. The molecule has 1 aromatic heterocycles. The zero-order chi connectivity index (χ0) is 17.0. The summed E-state index contributed by atoms with van der Waals surface area (Å²) in [6, 6.07) is 11.3. The number of nitrogen functional groups attached to an aromatic ring is 1. The SMILES string of the molecule is Nc1ccc(OCCCCCCNC(=S)Nc2ccncc2)cc1. The number of hydrogen-bond acceptors (Lipinski definition) is 4. The molecule has 0 aliphatic heterocycles. The molecule has 4 N–H and O–H groups in total. The average molecular weight is 344 g/mol. The number of ether oxygens (including phenoxy) is 1. The van der Waals surface area contributed by atoms with Crippen molar-refractivity contribution in [3.63, 3.8) is 0 Å². The molecule has 1 heterocycles. The number of rotatable bonds is 9. The van der Waals surface area contributed by atoms with Crippen LogP contribution in [0.4, 0.5) is 11.4 Å². The maximum Gasteiger partial charge on any atom is 0.170 e. The molecule has 128 valence electrons. The van der Waals surface area contributed by atoms with E-state index in [4.69, 9.17) is 22.7 Å². The minimum absolute atomic E-state index is 0.646. The molecule has 2 rings (SSSR count). The minimum Gasteiger partial charge on any atom is -0.494 e. The van der Waals surface area contributed by atoms with Crippen molar-refractivity contribution in [1.29, 1.82) is 0 Å². The molecule has 0 saturated carbocycles. The molecule has 6 heteroatoms. The molecule has 0 amide bonds. The van der Waals surface area contributed by atoms with Gasteiger partial charge in [0.2, 0.25) is 0 Å². The maximum atomic E-state index is 5.67. The van der Waals surface area contributed by atoms with Gasteiger partial charge in [-0.3, -0.25) is 4.98 Å². The normalized spacial score (nSPS) is 10.2. The van der Waals surface area contributed by atoms with Gasteiger partial charge >= 0.3 is 0 Å². The Kier molecular flexibility index (Phi) is 7.83. The third-order valence-corrected chi connectivity index (χ3v) is 3.69. The summed E-state index contributed by atoms with van der Waals surface area (Å²) in [5.41, 5.74) is 7.34. The Morgan fingerprint density at radius 1 is 1.00 bits per heavy atom. The van der Waals surface area contributed by atoms with Crippen LogP contribution in [0.1, 0.15) is 25.7 Å². The Morgan fingerprint density at radius 3 is 2.46 bits per heavy atom. The number of nitrogens with zero attached hydrogens (tertiary/aromatic N) is 1. The summed E-state index contributed by atoms with van der Waals surface area (Å²) >= 11 is 5.25. The van der Waals surface area contributed by atoms with Gasteiger partial charge in [0.25, 0.3) is 0 Å². The summed E-state index contributed by atoms with van der Waals surface area (Å²) in [7, 11) is 0. The predicted molar refractivity (Wildman–Crippen MR) is 103 cm³/mol. The first-order valence-corrected chi connectivity index (χ1v) is 8.58. The maximum absolute atomic E-state index is 5.67. The van der Waals surface area contributed by atoms with Gasteiger partial charge in [0.05, 0.1) is 6.61 Å². The topological polar surface area (TPSA) is 72.2 Å². The van der Waals surface area contributed by atoms with Crippen LogP contribution in [0.2, 0.25) is 0 Å². The molecule has 0 aliphatic rings. The second-order valence-electron chi connectivity index (χ2n) is 5.45. The van der Waals surface area contributed by atoms with E-state index < -0.39 is 0 Å². The molecule has 0 radical (unpaired) electrons. The average Bonchev–Trinajstić information content (AvgIpc) is 2.60. The van der Waals surface area contributed by atoms with Crippen molar-refractivity contribution in [2.24, 2.45) is 0 Å². The number of pyridine rings is 1. The van der Waals surface area contributed by atoms with E-state index >= 15 is 0 Å². The summed E-state index contributed by atoms with van der Waals surface area (Å²) in [5, 5.41) is 6.98. The van der Waals surface area contributed by atoms with E-state index in [0.717, 1.165) is 56.0 Å². The second kappa shape index (κ2) is 10.4. The predicted octanol–water partition coefficient (Wildman–Crippen LogP) is 3.59. The molecule has 2 aromatic rings. The summed E-state index contributed by atoms with van der Waals surface area (Å²) < 4.78 is 5.67. The van der Waals surface area contributed by atoms with E-state index in [9.17, 15) is 0 Å². The van der Waals surface area contributed by atoms with Crippen LogP contribution in [0, 0.1) is 0 Å². The van der Waals surface area contributed by atoms with Crippen molar-refractivity contribution in [2.75, 3.05) is 24.2 Å². The number of hydrogen-bond donors (Lipinski definition) is 3. The number of aromatic nitrogens is 1. The van der Waals surface area contributed by atoms with Crippen molar-refractivity contribution < 1.29 is 4.74 Å². The lowest BCUT2D eigenvalue weighted by Crippen LogP contribution is -2.29. The molecule has 5 nitrogen and oxygen atoms in total. The second-order valence-corrected chi connectivity index (χ2v) is 5.86. The van der Waals surface area contributed by atoms with Crippen molar-refractivity contribution in [3.05, 3.63) is 48.8 Å². The lowest BCUT2D eigenvalue weighted by Gasteiger charge is -2.10. The quantitative estimate of drug-likeness (QED) is 0.367. The molecule has 0 saturated heterocycles. The van der Waals surface area contributed by atoms with E-state index in [1.807, 2.05) is 36.4 Å². The fourth-order valence-corrected chi connectivity index (χ4v) is 2.37. The van der Waals surface area contributed by atoms with Crippen LogP contribution < -0.4 is 21.1 Å². The van der Waals surface area contributed by atoms with Gasteiger partial charge in [-0.2, -0.15) is 0 Å². The summed E-state index contributed by atoms with van der Waals surface area (Å²) in [4.78, 5) is 3.97. The first-order chi connectivity index (χ1) is 11.7. The molecule has 0 spiro atoms. The summed E-state index contributed by atoms with van der Waals surface area (Å²) in [6.07, 6.45) is 7.89. The van der Waals surface area contributed by atoms with Gasteiger partial charge in [0.15, 0.2) is 5.11 Å². The minimum atomic E-state index is 0.646. The van der Waals surface area contributed by atoms with E-state index in [2.05, 4.69) is 15.6 Å². The van der Waals surface area contributed by atoms with Gasteiger partial charge in [-0.25, -0.2) is 0 Å². The van der Waals surface area contributed by atoms with Crippen LogP contribution in [0.25, 0.3) is 0 Å². The lowest BCUT2D eigenvalue weighted by atomic mass is 10.2. The van der Waals surface area contributed by atoms with Crippen LogP contribution in [-0.2, 0) is 0 Å². The Bertz CT molecular complexity index is 604. The van der Waals surface area contributed by atoms with Crippen molar-refractivity contribution >= 4 is 28.7 Å². The van der Waals surface area contributed by atoms with Crippen molar-refractivity contribution in [1.82, 2.24) is 10.3 Å². The van der Waals surface area contributed by atoms with Gasteiger partial charge in [-0.15, -0.1) is 0 Å². The highest BCUT2D eigenvalue weighted by Gasteiger charge is 1.97. The first kappa shape index (κ1) is 18.0. The number of thiocarbonyl (C=S) groups is 1. The first-order valence-electron chi connectivity index (χ1n) is 8.17. The molecule has 24 heavy (non-hydrogen) atoms. The molecular weight excluding hydrogens is 320 g/mol. The van der Waals surface area contributed by atoms with Crippen LogP contribution in [-0.4, -0.2) is 23.2 Å². The Balaban J connectivity index is 1.45. The Hall–Kier alpha value is -2.34. The highest BCUT2D eigenvalue weighted by Crippen LogP contribution is 2.13. The molecule has 1 aromatic carbocycles. The number of nitrogens with one attached hydrogen (secondary N) is 2. The number of anilines is 2. The van der Waals surface area contributed by atoms with E-state index in [1.165, 1.54) is 0 Å². The molecule has 0 fully saturated rings. The Labute approximate surface area is 148 Å². The van der Waals surface area contributed by atoms with Crippen LogP contribution >= 0.6 is 12.2 Å². The lowest BCUT2D eigenvalue weighted by molar-refractivity contribution is 0.305. The molecule has 0 atom stereocenters. The molecule has 0 unspecified atom stereocenters. The highest BCUT2D eigenvalue weighted by atomic mass is 32.1. The Morgan fingerprint density at radius 2 is 1.71 bits per heavy atom. The van der Waals surface area contributed by atoms with Crippen LogP contribution in [0.5, 0.6) is 5.75 Å². The van der Waals surface area contributed by atoms with Gasteiger partial charge in [0.1, 0.15) is 5.75 Å². The van der Waals surface area contributed by atoms with Gasteiger partial charge in [-0.05, 0) is 61.5 Å². The van der Waals surface area contributed by atoms with E-state index in [0.29, 0.717) is 5.11 Å². The van der Waals surface area contributed by atoms with Crippen molar-refractivity contribution in [2.45, 2.75) is 25.7 Å². The fourth-order valence-electron chi connectivity index (χ4n) is 2.15. The van der Waals surface area contributed by atoms with Crippen molar-refractivity contribution in [3.8, 4) is 5.75 Å². The number of nitrogens with two attached hydrogens (primary N) is 1. The van der Waals surface area contributed by atoms with Crippen LogP contribution in [0.3, 0.4) is 0 Å². The van der Waals surface area contributed by atoms with Gasteiger partial charge in [0, 0.05) is 30.3 Å². The zero-order valence-corrected chi connectivity index (χ0v) is 14.5. The number of benzene rings is 1. The number of unbranched alkanes of at least 4 members (excludes halogenated alkanes) is 3. The standard InChI is InChI=1S/C18H24N4OS/c19-15-5-7-17(8-6-15)23-14-4-2-1-3-11-21-18(24)22-16-9-12-20-13-10-16/h5-10,12-13H,1-4,11,14,19H2,(H2,20,21,22,24).